The predicted molar refractivity (Wildman–Crippen MR) is 151 cm³/mol. The number of hydrogen-bond donors (Lipinski definition) is 0. The maximum absolute atomic E-state index is 2.43. The fourth-order valence-corrected chi connectivity index (χ4v) is 5.23. The smallest absolute Gasteiger partial charge is 0.00639 e. The summed E-state index contributed by atoms with van der Waals surface area (Å²) in [5.41, 5.74) is 8.16. The lowest BCUT2D eigenvalue weighted by atomic mass is 9.87. The molecule has 168 valence electrons. The molecule has 0 bridgehead atoms. The van der Waals surface area contributed by atoms with Gasteiger partial charge in [-0.3, -0.25) is 0 Å². The Hall–Kier alpha value is -4.16. The molecule has 0 amide bonds. The lowest BCUT2D eigenvalue weighted by Gasteiger charge is -2.17. The fourth-order valence-electron chi connectivity index (χ4n) is 5.23. The summed E-state index contributed by atoms with van der Waals surface area (Å²) >= 11 is 0. The van der Waals surface area contributed by atoms with Gasteiger partial charge in [0.05, 0.1) is 0 Å². The van der Waals surface area contributed by atoms with E-state index in [1.54, 1.807) is 0 Å². The van der Waals surface area contributed by atoms with Crippen molar-refractivity contribution in [3.05, 3.63) is 161 Å². The number of hydrogen-bond acceptors (Lipinski definition) is 0. The predicted octanol–water partition coefficient (Wildman–Crippen LogP) is 9.31. The minimum atomic E-state index is 1.04. The summed E-state index contributed by atoms with van der Waals surface area (Å²) in [6.07, 6.45) is 10.3. The average Bonchev–Trinajstić information content (AvgIpc) is 2.93. The van der Waals surface area contributed by atoms with E-state index in [9.17, 15) is 0 Å². The van der Waals surface area contributed by atoms with Gasteiger partial charge >= 0.3 is 0 Å². The molecule has 0 radical (unpaired) electrons. The van der Waals surface area contributed by atoms with Gasteiger partial charge in [-0.15, -0.1) is 0 Å². The Balaban J connectivity index is 1.48. The second-order valence-electron chi connectivity index (χ2n) is 9.34. The Morgan fingerprint density at radius 1 is 0.543 bits per heavy atom. The molecule has 0 spiro atoms. The molecule has 1 aliphatic carbocycles. The molecule has 0 aromatic heterocycles. The Labute approximate surface area is 207 Å². The van der Waals surface area contributed by atoms with Crippen LogP contribution in [0.4, 0.5) is 0 Å². The normalized spacial score (nSPS) is 13.4. The van der Waals surface area contributed by atoms with Gasteiger partial charge in [-0.05, 0) is 68.6 Å². The number of fused-ring (bicyclic) bond motifs is 2. The number of rotatable bonds is 5. The quantitative estimate of drug-likeness (QED) is 0.251. The van der Waals surface area contributed by atoms with Gasteiger partial charge in [0.1, 0.15) is 0 Å². The van der Waals surface area contributed by atoms with Crippen molar-refractivity contribution in [1.82, 2.24) is 0 Å². The van der Waals surface area contributed by atoms with Crippen molar-refractivity contribution in [3.63, 3.8) is 0 Å². The summed E-state index contributed by atoms with van der Waals surface area (Å²) in [7, 11) is 0. The van der Waals surface area contributed by atoms with E-state index < -0.39 is 0 Å². The molecule has 0 nitrogen and oxygen atoms in total. The van der Waals surface area contributed by atoms with Crippen LogP contribution in [0.1, 0.15) is 29.5 Å². The summed E-state index contributed by atoms with van der Waals surface area (Å²) in [6, 6.07) is 41.6. The molecule has 6 rings (SSSR count). The second kappa shape index (κ2) is 9.60. The first kappa shape index (κ1) is 21.4. The molecular weight excluding hydrogens is 420 g/mol. The van der Waals surface area contributed by atoms with E-state index in [1.807, 2.05) is 0 Å². The summed E-state index contributed by atoms with van der Waals surface area (Å²) in [5.74, 6) is 0. The third-order valence-corrected chi connectivity index (χ3v) is 7.03. The molecule has 0 N–H and O–H groups in total. The Morgan fingerprint density at radius 3 is 1.71 bits per heavy atom. The largest absolute Gasteiger partial charge is 0.0655 e. The molecule has 1 aliphatic rings. The standard InChI is InChI=1S/C35H28/c1-2-10-26(11-3-1)24-27-20-22-28(23-21-27)25-35(33-18-8-14-29-12-4-6-16-31(29)33)34-19-9-15-30-13-5-7-17-32(30)34/h1-20,22,25H,21,23-24H2. The molecule has 5 aromatic rings. The van der Waals surface area contributed by atoms with Crippen LogP contribution in [0.3, 0.4) is 0 Å². The van der Waals surface area contributed by atoms with E-state index in [2.05, 4.69) is 133 Å². The zero-order chi connectivity index (χ0) is 23.5. The maximum atomic E-state index is 2.43. The van der Waals surface area contributed by atoms with Crippen molar-refractivity contribution < 1.29 is 0 Å². The van der Waals surface area contributed by atoms with Crippen LogP contribution in [-0.4, -0.2) is 0 Å². The van der Waals surface area contributed by atoms with E-state index in [-0.39, 0.29) is 0 Å². The van der Waals surface area contributed by atoms with Crippen LogP contribution in [0, 0.1) is 0 Å². The minimum Gasteiger partial charge on any atom is -0.0655 e. The first-order valence-corrected chi connectivity index (χ1v) is 12.5. The zero-order valence-electron chi connectivity index (χ0n) is 19.8. The van der Waals surface area contributed by atoms with Gasteiger partial charge in [0.2, 0.25) is 0 Å². The van der Waals surface area contributed by atoms with E-state index in [0.717, 1.165) is 19.3 Å². The molecule has 5 aromatic carbocycles. The number of benzene rings is 5. The highest BCUT2D eigenvalue weighted by atomic mass is 14.2. The van der Waals surface area contributed by atoms with Crippen LogP contribution in [-0.2, 0) is 6.42 Å². The van der Waals surface area contributed by atoms with Crippen molar-refractivity contribution in [2.45, 2.75) is 19.3 Å². The minimum absolute atomic E-state index is 1.04. The summed E-state index contributed by atoms with van der Waals surface area (Å²) in [4.78, 5) is 0. The first-order valence-electron chi connectivity index (χ1n) is 12.5. The number of allylic oxidation sites excluding steroid dienone is 5. The van der Waals surface area contributed by atoms with Gasteiger partial charge in [0.15, 0.2) is 0 Å². The molecule has 0 atom stereocenters. The molecule has 0 saturated heterocycles. The third kappa shape index (κ3) is 4.48. The van der Waals surface area contributed by atoms with Crippen molar-refractivity contribution in [1.29, 1.82) is 0 Å². The van der Waals surface area contributed by atoms with Crippen LogP contribution in [0.2, 0.25) is 0 Å². The summed E-state index contributed by atoms with van der Waals surface area (Å²) < 4.78 is 0. The summed E-state index contributed by atoms with van der Waals surface area (Å²) in [5, 5.41) is 5.15. The highest BCUT2D eigenvalue weighted by Gasteiger charge is 2.14. The maximum Gasteiger partial charge on any atom is -0.00639 e. The van der Waals surface area contributed by atoms with E-state index in [4.69, 9.17) is 0 Å². The lowest BCUT2D eigenvalue weighted by molar-refractivity contribution is 0.886. The van der Waals surface area contributed by atoms with Gasteiger partial charge in [-0.2, -0.15) is 0 Å². The lowest BCUT2D eigenvalue weighted by Crippen LogP contribution is -1.98. The second-order valence-corrected chi connectivity index (χ2v) is 9.34. The van der Waals surface area contributed by atoms with Crippen LogP contribution in [0.15, 0.2) is 145 Å². The van der Waals surface area contributed by atoms with E-state index in [1.165, 1.54) is 55.0 Å². The van der Waals surface area contributed by atoms with Crippen molar-refractivity contribution in [2.75, 3.05) is 0 Å². The van der Waals surface area contributed by atoms with E-state index >= 15 is 0 Å². The van der Waals surface area contributed by atoms with E-state index in [0.29, 0.717) is 0 Å². The third-order valence-electron chi connectivity index (χ3n) is 7.03. The Bertz CT molecular complexity index is 1500. The first-order chi connectivity index (χ1) is 17.3. The molecule has 0 unspecified atom stereocenters. The molecule has 0 aliphatic heterocycles. The molecule has 0 saturated carbocycles. The van der Waals surface area contributed by atoms with Crippen molar-refractivity contribution >= 4 is 27.1 Å². The highest BCUT2D eigenvalue weighted by Crippen LogP contribution is 2.36. The van der Waals surface area contributed by atoms with Gasteiger partial charge in [0, 0.05) is 0 Å². The van der Waals surface area contributed by atoms with Gasteiger partial charge in [-0.1, -0.05) is 139 Å². The Morgan fingerprint density at radius 2 is 1.11 bits per heavy atom. The van der Waals surface area contributed by atoms with Crippen LogP contribution in [0.25, 0.3) is 27.1 Å². The average molecular weight is 449 g/mol. The SMILES string of the molecule is C1=C(C=C(c2cccc3ccccc23)c2cccc3ccccc23)CCC(Cc2ccccc2)=C1. The molecular formula is C35H28. The molecule has 0 heteroatoms. The highest BCUT2D eigenvalue weighted by molar-refractivity contribution is 6.04. The van der Waals surface area contributed by atoms with Gasteiger partial charge in [-0.25, -0.2) is 0 Å². The molecule has 0 fully saturated rings. The Kier molecular flexibility index (Phi) is 5.87. The topological polar surface area (TPSA) is 0 Å². The van der Waals surface area contributed by atoms with Crippen molar-refractivity contribution in [3.8, 4) is 0 Å². The molecule has 35 heavy (non-hydrogen) atoms. The van der Waals surface area contributed by atoms with Gasteiger partial charge in [0.25, 0.3) is 0 Å². The van der Waals surface area contributed by atoms with Crippen LogP contribution in [0.5, 0.6) is 0 Å². The summed E-state index contributed by atoms with van der Waals surface area (Å²) in [6.45, 7) is 0. The van der Waals surface area contributed by atoms with Gasteiger partial charge < -0.3 is 0 Å². The molecule has 0 heterocycles. The van der Waals surface area contributed by atoms with Crippen LogP contribution >= 0.6 is 0 Å². The monoisotopic (exact) mass is 448 g/mol. The fraction of sp³-hybridized carbons (Fsp3) is 0.0857. The zero-order valence-corrected chi connectivity index (χ0v) is 19.8. The van der Waals surface area contributed by atoms with Crippen molar-refractivity contribution in [2.24, 2.45) is 0 Å². The van der Waals surface area contributed by atoms with Crippen LogP contribution < -0.4 is 0 Å².